The van der Waals surface area contributed by atoms with E-state index in [0.29, 0.717) is 25.3 Å². The molecule has 2 unspecified atom stereocenters. The van der Waals surface area contributed by atoms with Gasteiger partial charge in [-0.25, -0.2) is 4.79 Å². The van der Waals surface area contributed by atoms with Crippen LogP contribution in [-0.2, 0) is 4.79 Å². The van der Waals surface area contributed by atoms with Crippen LogP contribution in [0.25, 0.3) is 0 Å². The second kappa shape index (κ2) is 5.73. The Morgan fingerprint density at radius 3 is 2.43 bits per heavy atom. The molecule has 6 heteroatoms. The largest absolute Gasteiger partial charge is 0.481 e. The number of benzene rings is 1. The highest BCUT2D eigenvalue weighted by atomic mass is 16.6. The van der Waals surface area contributed by atoms with Gasteiger partial charge in [0.25, 0.3) is 0 Å². The van der Waals surface area contributed by atoms with Crippen LogP contribution in [0.15, 0.2) is 24.3 Å². The molecule has 2 aliphatic rings. The summed E-state index contributed by atoms with van der Waals surface area (Å²) in [5, 5.41) is 12.1. The quantitative estimate of drug-likeness (QED) is 0.876. The molecule has 1 heterocycles. The molecule has 1 aromatic rings. The van der Waals surface area contributed by atoms with Gasteiger partial charge in [0, 0.05) is 26.2 Å². The summed E-state index contributed by atoms with van der Waals surface area (Å²) < 4.78 is 5.33. The van der Waals surface area contributed by atoms with E-state index in [4.69, 9.17) is 9.84 Å². The summed E-state index contributed by atoms with van der Waals surface area (Å²) in [5.74, 6) is -0.413. The van der Waals surface area contributed by atoms with Crippen molar-refractivity contribution in [1.82, 2.24) is 10.2 Å². The fourth-order valence-electron chi connectivity index (χ4n) is 2.63. The van der Waals surface area contributed by atoms with Crippen molar-refractivity contribution >= 4 is 12.1 Å². The third kappa shape index (κ3) is 3.16. The van der Waals surface area contributed by atoms with E-state index in [1.54, 1.807) is 17.0 Å². The molecule has 2 atom stereocenters. The molecule has 1 amide bonds. The van der Waals surface area contributed by atoms with Crippen molar-refractivity contribution in [3.63, 3.8) is 0 Å². The van der Waals surface area contributed by atoms with E-state index in [9.17, 15) is 9.59 Å². The third-order valence-electron chi connectivity index (χ3n) is 4.00. The van der Waals surface area contributed by atoms with Gasteiger partial charge in [-0.1, -0.05) is 12.1 Å². The smallest absolute Gasteiger partial charge is 0.415 e. The SMILES string of the molecule is O=C(O)C1CC1c1ccc(OC(=O)N2CCNCC2)cc1. The van der Waals surface area contributed by atoms with Crippen molar-refractivity contribution in [2.24, 2.45) is 5.92 Å². The average molecular weight is 290 g/mol. The van der Waals surface area contributed by atoms with Gasteiger partial charge < -0.3 is 20.1 Å². The molecule has 0 aromatic heterocycles. The molecule has 3 rings (SSSR count). The summed E-state index contributed by atoms with van der Waals surface area (Å²) in [6, 6.07) is 7.14. The normalized spacial score (nSPS) is 24.5. The number of ether oxygens (including phenoxy) is 1. The van der Waals surface area contributed by atoms with Crippen LogP contribution >= 0.6 is 0 Å². The lowest BCUT2D eigenvalue weighted by Crippen LogP contribution is -2.47. The van der Waals surface area contributed by atoms with Crippen molar-refractivity contribution in [3.05, 3.63) is 29.8 Å². The summed E-state index contributed by atoms with van der Waals surface area (Å²) in [6.45, 7) is 2.87. The third-order valence-corrected chi connectivity index (χ3v) is 4.00. The Morgan fingerprint density at radius 1 is 1.19 bits per heavy atom. The predicted molar refractivity (Wildman–Crippen MR) is 75.4 cm³/mol. The number of amides is 1. The van der Waals surface area contributed by atoms with Crippen LogP contribution in [0.1, 0.15) is 17.9 Å². The van der Waals surface area contributed by atoms with E-state index in [1.807, 2.05) is 12.1 Å². The summed E-state index contributed by atoms with van der Waals surface area (Å²) >= 11 is 0. The Labute approximate surface area is 122 Å². The van der Waals surface area contributed by atoms with Gasteiger partial charge in [-0.3, -0.25) is 4.79 Å². The van der Waals surface area contributed by atoms with Gasteiger partial charge in [0.2, 0.25) is 0 Å². The second-order valence-corrected chi connectivity index (χ2v) is 5.46. The maximum absolute atomic E-state index is 11.9. The maximum Gasteiger partial charge on any atom is 0.415 e. The molecule has 1 aliphatic carbocycles. The standard InChI is InChI=1S/C15H18N2O4/c18-14(19)13-9-12(13)10-1-3-11(4-2-10)21-15(20)17-7-5-16-6-8-17/h1-4,12-13,16H,5-9H2,(H,18,19). The lowest BCUT2D eigenvalue weighted by molar-refractivity contribution is -0.138. The van der Waals surface area contributed by atoms with E-state index in [1.165, 1.54) is 0 Å². The number of aliphatic carboxylic acids is 1. The molecule has 1 aromatic carbocycles. The van der Waals surface area contributed by atoms with Gasteiger partial charge in [-0.05, 0) is 30.0 Å². The number of carboxylic acid groups (broad SMARTS) is 1. The average Bonchev–Trinajstić information content (AvgIpc) is 3.30. The molecule has 6 nitrogen and oxygen atoms in total. The molecule has 1 saturated heterocycles. The van der Waals surface area contributed by atoms with Crippen molar-refractivity contribution in [2.75, 3.05) is 26.2 Å². The van der Waals surface area contributed by atoms with Crippen LogP contribution in [-0.4, -0.2) is 48.2 Å². The van der Waals surface area contributed by atoms with Crippen LogP contribution in [0.4, 0.5) is 4.79 Å². The highest BCUT2D eigenvalue weighted by Gasteiger charge is 2.44. The van der Waals surface area contributed by atoms with Gasteiger partial charge in [0.1, 0.15) is 5.75 Å². The molecule has 2 N–H and O–H groups in total. The summed E-state index contributed by atoms with van der Waals surface area (Å²) in [7, 11) is 0. The number of carbonyl (C=O) groups is 2. The van der Waals surface area contributed by atoms with Crippen molar-refractivity contribution in [1.29, 1.82) is 0 Å². The molecule has 0 bridgehead atoms. The molecular formula is C15H18N2O4. The fraction of sp³-hybridized carbons (Fsp3) is 0.467. The highest BCUT2D eigenvalue weighted by molar-refractivity contribution is 5.75. The number of carboxylic acids is 1. The molecule has 112 valence electrons. The number of nitrogens with one attached hydrogen (secondary N) is 1. The molecule has 0 spiro atoms. The lowest BCUT2D eigenvalue weighted by Gasteiger charge is -2.26. The van der Waals surface area contributed by atoms with Crippen LogP contribution in [0.5, 0.6) is 5.75 Å². The first kappa shape index (κ1) is 13.9. The highest BCUT2D eigenvalue weighted by Crippen LogP contribution is 2.47. The van der Waals surface area contributed by atoms with Crippen LogP contribution in [0.2, 0.25) is 0 Å². The van der Waals surface area contributed by atoms with Gasteiger partial charge in [-0.2, -0.15) is 0 Å². The first-order valence-electron chi connectivity index (χ1n) is 7.15. The Kier molecular flexibility index (Phi) is 3.79. The van der Waals surface area contributed by atoms with Crippen LogP contribution < -0.4 is 10.1 Å². The van der Waals surface area contributed by atoms with Crippen molar-refractivity contribution < 1.29 is 19.4 Å². The van der Waals surface area contributed by atoms with E-state index in [2.05, 4.69) is 5.32 Å². The Morgan fingerprint density at radius 2 is 1.86 bits per heavy atom. The van der Waals surface area contributed by atoms with Crippen molar-refractivity contribution in [3.8, 4) is 5.75 Å². The van der Waals surface area contributed by atoms with Gasteiger partial charge >= 0.3 is 12.1 Å². The Balaban J connectivity index is 1.57. The lowest BCUT2D eigenvalue weighted by atomic mass is 10.1. The zero-order valence-electron chi connectivity index (χ0n) is 11.6. The molecular weight excluding hydrogens is 272 g/mol. The minimum Gasteiger partial charge on any atom is -0.481 e. The summed E-state index contributed by atoms with van der Waals surface area (Å²) in [4.78, 5) is 24.5. The van der Waals surface area contributed by atoms with Gasteiger partial charge in [-0.15, -0.1) is 0 Å². The van der Waals surface area contributed by atoms with Gasteiger partial charge in [0.15, 0.2) is 0 Å². The second-order valence-electron chi connectivity index (χ2n) is 5.46. The Hall–Kier alpha value is -2.08. The Bertz CT molecular complexity index is 537. The molecule has 1 saturated carbocycles. The number of carbonyl (C=O) groups excluding carboxylic acids is 1. The van der Waals surface area contributed by atoms with Gasteiger partial charge in [0.05, 0.1) is 5.92 Å². The topological polar surface area (TPSA) is 78.9 Å². The van der Waals surface area contributed by atoms with Crippen LogP contribution in [0, 0.1) is 5.92 Å². The number of piperazine rings is 1. The minimum absolute atomic E-state index is 0.0976. The first-order chi connectivity index (χ1) is 10.1. The maximum atomic E-state index is 11.9. The first-order valence-corrected chi connectivity index (χ1v) is 7.15. The molecule has 0 radical (unpaired) electrons. The monoisotopic (exact) mass is 290 g/mol. The molecule has 1 aliphatic heterocycles. The molecule has 21 heavy (non-hydrogen) atoms. The van der Waals surface area contributed by atoms with E-state index >= 15 is 0 Å². The summed E-state index contributed by atoms with van der Waals surface area (Å²) in [6.07, 6.45) is 0.356. The number of rotatable bonds is 3. The van der Waals surface area contributed by atoms with Crippen LogP contribution in [0.3, 0.4) is 0 Å². The molecule has 2 fully saturated rings. The zero-order valence-corrected chi connectivity index (χ0v) is 11.6. The summed E-state index contributed by atoms with van der Waals surface area (Å²) in [5.41, 5.74) is 0.990. The predicted octanol–water partition coefficient (Wildman–Crippen LogP) is 1.28. The zero-order chi connectivity index (χ0) is 14.8. The van der Waals surface area contributed by atoms with E-state index in [0.717, 1.165) is 18.7 Å². The number of nitrogens with zero attached hydrogens (tertiary/aromatic N) is 1. The number of hydrogen-bond donors (Lipinski definition) is 2. The van der Waals surface area contributed by atoms with Crippen molar-refractivity contribution in [2.45, 2.75) is 12.3 Å². The fourth-order valence-corrected chi connectivity index (χ4v) is 2.63. The number of hydrogen-bond acceptors (Lipinski definition) is 4. The van der Waals surface area contributed by atoms with E-state index in [-0.39, 0.29) is 17.9 Å². The van der Waals surface area contributed by atoms with E-state index < -0.39 is 5.97 Å². The minimum atomic E-state index is -0.741.